The van der Waals surface area contributed by atoms with Crippen LogP contribution in [0.2, 0.25) is 0 Å². The quantitative estimate of drug-likeness (QED) is 0.667. The van der Waals surface area contributed by atoms with Crippen molar-refractivity contribution in [3.05, 3.63) is 0 Å². The van der Waals surface area contributed by atoms with E-state index in [0.29, 0.717) is 31.2 Å². The predicted molar refractivity (Wildman–Crippen MR) is 83.7 cm³/mol. The number of carbonyl (C=O) groups is 1. The molecule has 1 saturated heterocycles. The molecule has 4 saturated carbocycles. The first kappa shape index (κ1) is 15.4. The molecule has 5 fully saturated rings. The summed E-state index contributed by atoms with van der Waals surface area (Å²) < 4.78 is 0. The fourth-order valence-corrected chi connectivity index (χ4v) is 6.32. The summed E-state index contributed by atoms with van der Waals surface area (Å²) in [6.45, 7) is 0.415. The minimum atomic E-state index is -0.627. The first-order valence-electron chi connectivity index (χ1n) is 8.78. The number of likely N-dealkylation sites (tertiary alicyclic amines) is 1. The van der Waals surface area contributed by atoms with Crippen LogP contribution >= 0.6 is 0 Å². The Morgan fingerprint density at radius 1 is 1.26 bits per heavy atom. The number of rotatable bonds is 2. The number of aliphatic hydroxyl groups is 1. The second-order valence-corrected chi connectivity index (χ2v) is 8.66. The van der Waals surface area contributed by atoms with Crippen LogP contribution in [-0.4, -0.2) is 46.2 Å². The maximum absolute atomic E-state index is 13.0. The lowest BCUT2D eigenvalue weighted by Crippen LogP contribution is -2.64. The van der Waals surface area contributed by atoms with E-state index < -0.39 is 17.7 Å². The van der Waals surface area contributed by atoms with Crippen molar-refractivity contribution in [3.63, 3.8) is 0 Å². The molecule has 1 aliphatic heterocycles. The summed E-state index contributed by atoms with van der Waals surface area (Å²) in [5.74, 6) is 0.843. The lowest BCUT2D eigenvalue weighted by molar-refractivity contribution is -0.177. The van der Waals surface area contributed by atoms with Gasteiger partial charge >= 0.3 is 0 Å². The number of carbonyl (C=O) groups excluding carboxylic acids is 1. The SMILES string of the molecule is N#C[C@@H]1C[C@H](N)CN1C(=O)[C@@H](N)C12CC3CC(CC(O)(C3)C1)C2. The van der Waals surface area contributed by atoms with Gasteiger partial charge in [0.2, 0.25) is 5.91 Å². The smallest absolute Gasteiger partial charge is 0.241 e. The van der Waals surface area contributed by atoms with Crippen LogP contribution in [-0.2, 0) is 4.79 Å². The number of nitrogens with two attached hydrogens (primary N) is 2. The van der Waals surface area contributed by atoms with Gasteiger partial charge in [0.25, 0.3) is 0 Å². The molecule has 0 radical (unpaired) electrons. The molecule has 1 heterocycles. The lowest BCUT2D eigenvalue weighted by Gasteiger charge is -2.61. The maximum Gasteiger partial charge on any atom is 0.241 e. The third-order valence-corrected chi connectivity index (χ3v) is 6.77. The van der Waals surface area contributed by atoms with Crippen molar-refractivity contribution >= 4 is 5.91 Å². The Kier molecular flexibility index (Phi) is 3.29. The van der Waals surface area contributed by atoms with Gasteiger partial charge < -0.3 is 21.5 Å². The number of hydrogen-bond acceptors (Lipinski definition) is 5. The first-order chi connectivity index (χ1) is 10.8. The van der Waals surface area contributed by atoms with E-state index >= 15 is 0 Å². The molecule has 5 atom stereocenters. The van der Waals surface area contributed by atoms with E-state index in [1.54, 1.807) is 4.90 Å². The molecule has 6 nitrogen and oxygen atoms in total. The Balaban J connectivity index is 1.58. The number of nitriles is 1. The molecule has 5 rings (SSSR count). The maximum atomic E-state index is 13.0. The Morgan fingerprint density at radius 3 is 2.48 bits per heavy atom. The van der Waals surface area contributed by atoms with E-state index in [-0.39, 0.29) is 17.4 Å². The van der Waals surface area contributed by atoms with Crippen LogP contribution in [0.5, 0.6) is 0 Å². The molecule has 2 unspecified atom stereocenters. The lowest BCUT2D eigenvalue weighted by atomic mass is 9.46. The van der Waals surface area contributed by atoms with Crippen LogP contribution in [0.15, 0.2) is 0 Å². The summed E-state index contributed by atoms with van der Waals surface area (Å²) in [4.78, 5) is 14.6. The van der Waals surface area contributed by atoms with Crippen molar-refractivity contribution in [2.45, 2.75) is 68.7 Å². The molecule has 5 N–H and O–H groups in total. The topological polar surface area (TPSA) is 116 Å². The molecule has 126 valence electrons. The van der Waals surface area contributed by atoms with Gasteiger partial charge in [-0.25, -0.2) is 0 Å². The Morgan fingerprint density at radius 2 is 1.91 bits per heavy atom. The summed E-state index contributed by atoms with van der Waals surface area (Å²) >= 11 is 0. The third kappa shape index (κ3) is 2.29. The zero-order chi connectivity index (χ0) is 16.4. The molecule has 0 aromatic heterocycles. The minimum Gasteiger partial charge on any atom is -0.390 e. The molecule has 0 aromatic rings. The van der Waals surface area contributed by atoms with Gasteiger partial charge in [-0.15, -0.1) is 0 Å². The highest BCUT2D eigenvalue weighted by Crippen LogP contribution is 2.62. The predicted octanol–water partition coefficient (Wildman–Crippen LogP) is 0.0968. The highest BCUT2D eigenvalue weighted by molar-refractivity contribution is 5.83. The molecule has 5 aliphatic rings. The number of nitrogens with zero attached hydrogens (tertiary/aromatic N) is 2. The molecule has 4 aliphatic carbocycles. The standard InChI is InChI=1S/C17H26N4O2/c18-7-13-2-12(19)8-21(13)15(22)14(20)16-3-10-1-11(4-16)6-17(23,5-10)9-16/h10-14,23H,1-6,8-9,19-20H2/t10?,11?,12-,13-,14+,16?,17?/m0/s1. The zero-order valence-corrected chi connectivity index (χ0v) is 13.4. The van der Waals surface area contributed by atoms with E-state index in [1.807, 2.05) is 0 Å². The fourth-order valence-electron chi connectivity index (χ4n) is 6.32. The first-order valence-corrected chi connectivity index (χ1v) is 8.78. The van der Waals surface area contributed by atoms with Crippen LogP contribution in [0.25, 0.3) is 0 Å². The third-order valence-electron chi connectivity index (χ3n) is 6.77. The van der Waals surface area contributed by atoms with Gasteiger partial charge in [0.15, 0.2) is 0 Å². The van der Waals surface area contributed by atoms with Crippen molar-refractivity contribution in [3.8, 4) is 6.07 Å². The molecule has 4 bridgehead atoms. The van der Waals surface area contributed by atoms with Crippen LogP contribution in [0.1, 0.15) is 44.9 Å². The van der Waals surface area contributed by atoms with Crippen LogP contribution in [0.4, 0.5) is 0 Å². The van der Waals surface area contributed by atoms with Gasteiger partial charge in [0.1, 0.15) is 6.04 Å². The molecule has 0 spiro atoms. The highest BCUT2D eigenvalue weighted by Gasteiger charge is 2.60. The van der Waals surface area contributed by atoms with Gasteiger partial charge in [-0.1, -0.05) is 0 Å². The van der Waals surface area contributed by atoms with Crippen molar-refractivity contribution in [1.29, 1.82) is 5.26 Å². The highest BCUT2D eigenvalue weighted by atomic mass is 16.3. The summed E-state index contributed by atoms with van der Waals surface area (Å²) in [5, 5.41) is 20.1. The van der Waals surface area contributed by atoms with Crippen LogP contribution in [0.3, 0.4) is 0 Å². The average Bonchev–Trinajstić information content (AvgIpc) is 2.84. The minimum absolute atomic E-state index is 0.142. The van der Waals surface area contributed by atoms with Gasteiger partial charge in [-0.05, 0) is 62.2 Å². The molecular weight excluding hydrogens is 292 g/mol. The van der Waals surface area contributed by atoms with Gasteiger partial charge in [0, 0.05) is 12.6 Å². The Hall–Kier alpha value is -1.16. The summed E-state index contributed by atoms with van der Waals surface area (Å²) in [5.41, 5.74) is 11.5. The van der Waals surface area contributed by atoms with Crippen LogP contribution in [0, 0.1) is 28.6 Å². The average molecular weight is 318 g/mol. The number of hydrogen-bond donors (Lipinski definition) is 3. The van der Waals surface area contributed by atoms with Crippen molar-refractivity contribution in [2.75, 3.05) is 6.54 Å². The molecule has 0 aromatic carbocycles. The fraction of sp³-hybridized carbons (Fsp3) is 0.882. The van der Waals surface area contributed by atoms with E-state index in [4.69, 9.17) is 11.5 Å². The number of amides is 1. The Labute approximate surface area is 136 Å². The van der Waals surface area contributed by atoms with Gasteiger partial charge in [-0.2, -0.15) is 5.26 Å². The Bertz CT molecular complexity index is 557. The van der Waals surface area contributed by atoms with Crippen molar-refractivity contribution in [2.24, 2.45) is 28.7 Å². The summed E-state index contributed by atoms with van der Waals surface area (Å²) in [6, 6.07) is 0.957. The molecule has 6 heteroatoms. The summed E-state index contributed by atoms with van der Waals surface area (Å²) in [6.07, 6.45) is 5.93. The monoisotopic (exact) mass is 318 g/mol. The van der Waals surface area contributed by atoms with Gasteiger partial charge in [0.05, 0.1) is 17.7 Å². The van der Waals surface area contributed by atoms with E-state index in [0.717, 1.165) is 25.7 Å². The summed E-state index contributed by atoms with van der Waals surface area (Å²) in [7, 11) is 0. The second-order valence-electron chi connectivity index (χ2n) is 8.66. The van der Waals surface area contributed by atoms with Crippen LogP contribution < -0.4 is 11.5 Å². The van der Waals surface area contributed by atoms with E-state index in [9.17, 15) is 15.2 Å². The normalized spacial score (nSPS) is 49.2. The van der Waals surface area contributed by atoms with E-state index in [2.05, 4.69) is 6.07 Å². The molecule has 1 amide bonds. The zero-order valence-electron chi connectivity index (χ0n) is 13.4. The molecular formula is C17H26N4O2. The second kappa shape index (κ2) is 4.92. The van der Waals surface area contributed by atoms with E-state index in [1.165, 1.54) is 6.42 Å². The molecule has 23 heavy (non-hydrogen) atoms. The van der Waals surface area contributed by atoms with Crippen molar-refractivity contribution < 1.29 is 9.90 Å². The van der Waals surface area contributed by atoms with Crippen molar-refractivity contribution in [1.82, 2.24) is 4.90 Å². The van der Waals surface area contributed by atoms with Gasteiger partial charge in [-0.3, -0.25) is 4.79 Å². The largest absolute Gasteiger partial charge is 0.390 e.